The molecule has 0 bridgehead atoms. The van der Waals surface area contributed by atoms with Crippen LogP contribution >= 0.6 is 11.3 Å². The predicted molar refractivity (Wildman–Crippen MR) is 55.8 cm³/mol. The molecule has 0 aliphatic rings. The van der Waals surface area contributed by atoms with Gasteiger partial charge in [0, 0.05) is 13.0 Å². The fourth-order valence-corrected chi connectivity index (χ4v) is 2.05. The molecular weight excluding hydrogens is 182 g/mol. The lowest BCUT2D eigenvalue weighted by atomic mass is 10.1. The third kappa shape index (κ3) is 3.83. The summed E-state index contributed by atoms with van der Waals surface area (Å²) in [5.74, 6) is 0.667. The molecule has 4 heteroatoms. The summed E-state index contributed by atoms with van der Waals surface area (Å²) in [6.07, 6.45) is 1.05. The molecule has 3 nitrogen and oxygen atoms in total. The van der Waals surface area contributed by atoms with Gasteiger partial charge < -0.3 is 5.32 Å². The predicted octanol–water partition coefficient (Wildman–Crippen LogP) is 1.85. The molecule has 13 heavy (non-hydrogen) atoms. The van der Waals surface area contributed by atoms with Crippen LogP contribution < -0.4 is 5.32 Å². The maximum absolute atomic E-state index is 4.14. The zero-order valence-electron chi connectivity index (χ0n) is 8.50. The van der Waals surface area contributed by atoms with Crippen LogP contribution in [0.1, 0.15) is 30.8 Å². The van der Waals surface area contributed by atoms with Gasteiger partial charge in [0.25, 0.3) is 0 Å². The largest absolute Gasteiger partial charge is 0.311 e. The average molecular weight is 199 g/mol. The van der Waals surface area contributed by atoms with Crippen molar-refractivity contribution in [3.8, 4) is 0 Å². The first-order chi connectivity index (χ1) is 6.22. The van der Waals surface area contributed by atoms with Crippen molar-refractivity contribution in [1.82, 2.24) is 15.5 Å². The lowest BCUT2D eigenvalue weighted by molar-refractivity contribution is 0.638. The zero-order chi connectivity index (χ0) is 9.68. The first-order valence-corrected chi connectivity index (χ1v) is 5.56. The Morgan fingerprint density at radius 3 is 2.62 bits per heavy atom. The Bertz CT molecular complexity index is 245. The van der Waals surface area contributed by atoms with Crippen molar-refractivity contribution in [1.29, 1.82) is 0 Å². The topological polar surface area (TPSA) is 37.8 Å². The minimum absolute atomic E-state index is 0.667. The van der Waals surface area contributed by atoms with E-state index < -0.39 is 0 Å². The van der Waals surface area contributed by atoms with Crippen LogP contribution in [0.25, 0.3) is 0 Å². The van der Waals surface area contributed by atoms with Crippen molar-refractivity contribution in [2.45, 2.75) is 33.7 Å². The van der Waals surface area contributed by atoms with Gasteiger partial charge in [-0.3, -0.25) is 0 Å². The fourth-order valence-electron chi connectivity index (χ4n) is 1.02. The highest BCUT2D eigenvalue weighted by atomic mass is 32.1. The van der Waals surface area contributed by atoms with E-state index in [9.17, 15) is 0 Å². The number of hydrogen-bond donors (Lipinski definition) is 1. The van der Waals surface area contributed by atoms with E-state index in [-0.39, 0.29) is 0 Å². The molecule has 0 amide bonds. The smallest absolute Gasteiger partial charge is 0.131 e. The molecule has 0 unspecified atom stereocenters. The molecule has 1 rings (SSSR count). The first-order valence-electron chi connectivity index (χ1n) is 4.74. The van der Waals surface area contributed by atoms with Crippen LogP contribution in [0.3, 0.4) is 0 Å². The van der Waals surface area contributed by atoms with Gasteiger partial charge in [-0.1, -0.05) is 20.8 Å². The number of nitrogens with zero attached hydrogens (tertiary/aromatic N) is 2. The van der Waals surface area contributed by atoms with Gasteiger partial charge >= 0.3 is 0 Å². The second-order valence-corrected chi connectivity index (χ2v) is 4.61. The number of hydrogen-bond acceptors (Lipinski definition) is 4. The third-order valence-corrected chi connectivity index (χ3v) is 2.56. The van der Waals surface area contributed by atoms with Gasteiger partial charge in [0.15, 0.2) is 0 Å². The molecule has 0 aliphatic carbocycles. The van der Waals surface area contributed by atoms with Gasteiger partial charge in [-0.2, -0.15) is 0 Å². The lowest BCUT2D eigenvalue weighted by Gasteiger charge is -1.97. The monoisotopic (exact) mass is 199 g/mol. The molecule has 1 N–H and O–H groups in total. The van der Waals surface area contributed by atoms with E-state index in [1.165, 1.54) is 0 Å². The molecule has 0 spiro atoms. The maximum atomic E-state index is 4.14. The zero-order valence-corrected chi connectivity index (χ0v) is 9.32. The Balaban J connectivity index is 2.44. The maximum Gasteiger partial charge on any atom is 0.131 e. The van der Waals surface area contributed by atoms with Gasteiger partial charge in [-0.15, -0.1) is 21.5 Å². The van der Waals surface area contributed by atoms with Crippen LogP contribution in [0.2, 0.25) is 0 Å². The van der Waals surface area contributed by atoms with Crippen LogP contribution in [0, 0.1) is 5.92 Å². The normalized spacial score (nSPS) is 11.1. The Morgan fingerprint density at radius 2 is 2.00 bits per heavy atom. The van der Waals surface area contributed by atoms with E-state index >= 15 is 0 Å². The minimum Gasteiger partial charge on any atom is -0.311 e. The van der Waals surface area contributed by atoms with Crippen LogP contribution in [0.5, 0.6) is 0 Å². The van der Waals surface area contributed by atoms with E-state index in [0.717, 1.165) is 29.5 Å². The van der Waals surface area contributed by atoms with E-state index in [4.69, 9.17) is 0 Å². The standard InChI is InChI=1S/C9H17N3S/c1-4-10-6-9-12-11-8(13-9)5-7(2)3/h7,10H,4-6H2,1-3H3. The minimum atomic E-state index is 0.667. The highest BCUT2D eigenvalue weighted by Gasteiger charge is 2.04. The average Bonchev–Trinajstić information content (AvgIpc) is 2.48. The van der Waals surface area contributed by atoms with Crippen molar-refractivity contribution in [2.24, 2.45) is 5.92 Å². The summed E-state index contributed by atoms with van der Waals surface area (Å²) in [6, 6.07) is 0. The molecule has 0 fully saturated rings. The third-order valence-electron chi connectivity index (χ3n) is 1.62. The van der Waals surface area contributed by atoms with Crippen LogP contribution in [-0.4, -0.2) is 16.7 Å². The molecule has 1 aromatic heterocycles. The first kappa shape index (κ1) is 10.6. The Kier molecular flexibility index (Phi) is 4.32. The van der Waals surface area contributed by atoms with Gasteiger partial charge in [-0.05, 0) is 12.5 Å². The van der Waals surface area contributed by atoms with E-state index in [0.29, 0.717) is 5.92 Å². The number of nitrogens with one attached hydrogen (secondary N) is 1. The van der Waals surface area contributed by atoms with Crippen molar-refractivity contribution in [3.05, 3.63) is 10.0 Å². The van der Waals surface area contributed by atoms with Crippen molar-refractivity contribution < 1.29 is 0 Å². The highest BCUT2D eigenvalue weighted by Crippen LogP contribution is 2.13. The van der Waals surface area contributed by atoms with Crippen molar-refractivity contribution in [2.75, 3.05) is 6.54 Å². The van der Waals surface area contributed by atoms with Gasteiger partial charge in [-0.25, -0.2) is 0 Å². The number of aromatic nitrogens is 2. The van der Waals surface area contributed by atoms with E-state index in [1.54, 1.807) is 11.3 Å². The summed E-state index contributed by atoms with van der Waals surface area (Å²) in [6.45, 7) is 8.33. The molecule has 0 aliphatic heterocycles. The molecule has 74 valence electrons. The van der Waals surface area contributed by atoms with E-state index in [1.807, 2.05) is 0 Å². The second-order valence-electron chi connectivity index (χ2n) is 3.47. The molecule has 0 radical (unpaired) electrons. The molecule has 1 aromatic rings. The quantitative estimate of drug-likeness (QED) is 0.786. The lowest BCUT2D eigenvalue weighted by Crippen LogP contribution is -2.11. The summed E-state index contributed by atoms with van der Waals surface area (Å²) in [4.78, 5) is 0. The molecule has 0 saturated heterocycles. The molecule has 0 aromatic carbocycles. The molecule has 0 atom stereocenters. The highest BCUT2D eigenvalue weighted by molar-refractivity contribution is 7.11. The van der Waals surface area contributed by atoms with Gasteiger partial charge in [0.05, 0.1) is 0 Å². The summed E-state index contributed by atoms with van der Waals surface area (Å²) >= 11 is 1.72. The number of rotatable bonds is 5. The van der Waals surface area contributed by atoms with Crippen molar-refractivity contribution in [3.63, 3.8) is 0 Å². The Labute approximate surface area is 83.6 Å². The summed E-state index contributed by atoms with van der Waals surface area (Å²) < 4.78 is 0. The molecular formula is C9H17N3S. The van der Waals surface area contributed by atoms with Gasteiger partial charge in [0.2, 0.25) is 0 Å². The SMILES string of the molecule is CCNCc1nnc(CC(C)C)s1. The van der Waals surface area contributed by atoms with Crippen molar-refractivity contribution >= 4 is 11.3 Å². The molecule has 1 heterocycles. The van der Waals surface area contributed by atoms with Crippen LogP contribution in [0.15, 0.2) is 0 Å². The van der Waals surface area contributed by atoms with E-state index in [2.05, 4.69) is 36.3 Å². The Hall–Kier alpha value is -0.480. The fraction of sp³-hybridized carbons (Fsp3) is 0.778. The van der Waals surface area contributed by atoms with Crippen LogP contribution in [-0.2, 0) is 13.0 Å². The van der Waals surface area contributed by atoms with Gasteiger partial charge in [0.1, 0.15) is 10.0 Å². The summed E-state index contributed by atoms with van der Waals surface area (Å²) in [5.41, 5.74) is 0. The summed E-state index contributed by atoms with van der Waals surface area (Å²) in [5, 5.41) is 13.7. The second kappa shape index (κ2) is 5.29. The summed E-state index contributed by atoms with van der Waals surface area (Å²) in [7, 11) is 0. The molecule has 0 saturated carbocycles. The van der Waals surface area contributed by atoms with Crippen LogP contribution in [0.4, 0.5) is 0 Å². The Morgan fingerprint density at radius 1 is 1.31 bits per heavy atom.